The maximum absolute atomic E-state index is 12.3. The van der Waals surface area contributed by atoms with Gasteiger partial charge in [-0.25, -0.2) is 18.1 Å². The normalized spacial score (nSPS) is 12.9. The van der Waals surface area contributed by atoms with Crippen molar-refractivity contribution in [3.63, 3.8) is 0 Å². The number of nitrogens with zero attached hydrogens (tertiary/aromatic N) is 1. The Kier molecular flexibility index (Phi) is 4.94. The van der Waals surface area contributed by atoms with Gasteiger partial charge in [-0.05, 0) is 39.1 Å². The number of carbonyl (C=O) groups is 1. The molecule has 6 nitrogen and oxygen atoms in total. The van der Waals surface area contributed by atoms with Crippen molar-refractivity contribution in [2.75, 3.05) is 7.05 Å². The van der Waals surface area contributed by atoms with Crippen molar-refractivity contribution in [1.82, 2.24) is 15.0 Å². The number of rotatable bonds is 5. The van der Waals surface area contributed by atoms with Crippen LogP contribution < -0.4 is 10.0 Å². The molecular weight excluding hydrogens is 322 g/mol. The fraction of sp³-hybridized carbons (Fsp3) is 0.286. The van der Waals surface area contributed by atoms with Crippen LogP contribution in [0.2, 0.25) is 0 Å². The predicted molar refractivity (Wildman–Crippen MR) is 85.4 cm³/mol. The van der Waals surface area contributed by atoms with Gasteiger partial charge in [-0.15, -0.1) is 11.3 Å². The highest BCUT2D eigenvalue weighted by atomic mass is 32.2. The molecule has 0 radical (unpaired) electrons. The number of nitrogens with one attached hydrogen (secondary N) is 2. The first-order chi connectivity index (χ1) is 10.3. The number of amides is 1. The van der Waals surface area contributed by atoms with Crippen molar-refractivity contribution in [3.05, 3.63) is 45.9 Å². The molecule has 2 rings (SSSR count). The van der Waals surface area contributed by atoms with Crippen molar-refractivity contribution < 1.29 is 13.2 Å². The van der Waals surface area contributed by atoms with E-state index in [1.165, 1.54) is 36.6 Å². The highest BCUT2D eigenvalue weighted by Crippen LogP contribution is 2.18. The summed E-state index contributed by atoms with van der Waals surface area (Å²) in [6.45, 7) is 3.73. The highest BCUT2D eigenvalue weighted by molar-refractivity contribution is 7.89. The lowest BCUT2D eigenvalue weighted by Crippen LogP contribution is -2.27. The molecule has 0 bridgehead atoms. The molecular formula is C14H17N3O3S2. The van der Waals surface area contributed by atoms with Crippen molar-refractivity contribution >= 4 is 27.3 Å². The minimum Gasteiger partial charge on any atom is -0.343 e. The molecule has 8 heteroatoms. The van der Waals surface area contributed by atoms with Crippen LogP contribution in [0.15, 0.2) is 34.5 Å². The van der Waals surface area contributed by atoms with Crippen LogP contribution in [-0.4, -0.2) is 26.4 Å². The van der Waals surface area contributed by atoms with E-state index < -0.39 is 10.0 Å². The molecule has 0 fully saturated rings. The second kappa shape index (κ2) is 6.55. The van der Waals surface area contributed by atoms with E-state index in [-0.39, 0.29) is 22.4 Å². The van der Waals surface area contributed by atoms with E-state index in [4.69, 9.17) is 0 Å². The first-order valence-electron chi connectivity index (χ1n) is 6.60. The predicted octanol–water partition coefficient (Wildman–Crippen LogP) is 1.85. The summed E-state index contributed by atoms with van der Waals surface area (Å²) in [7, 11) is -2.24. The molecule has 1 unspecified atom stereocenters. The van der Waals surface area contributed by atoms with Gasteiger partial charge in [0.1, 0.15) is 5.01 Å². The highest BCUT2D eigenvalue weighted by Gasteiger charge is 2.17. The molecule has 0 aliphatic heterocycles. The Morgan fingerprint density at radius 3 is 2.68 bits per heavy atom. The first kappa shape index (κ1) is 16.6. The number of aromatic nitrogens is 1. The summed E-state index contributed by atoms with van der Waals surface area (Å²) in [6.07, 6.45) is 0. The minimum atomic E-state index is -3.57. The molecule has 1 heterocycles. The van der Waals surface area contributed by atoms with Crippen molar-refractivity contribution in [2.24, 2.45) is 0 Å². The zero-order chi connectivity index (χ0) is 16.3. The van der Waals surface area contributed by atoms with Gasteiger partial charge in [0.2, 0.25) is 10.0 Å². The summed E-state index contributed by atoms with van der Waals surface area (Å²) < 4.78 is 25.8. The third kappa shape index (κ3) is 3.70. The van der Waals surface area contributed by atoms with E-state index >= 15 is 0 Å². The van der Waals surface area contributed by atoms with Crippen molar-refractivity contribution in [2.45, 2.75) is 24.8 Å². The average molecular weight is 339 g/mol. The molecule has 0 aliphatic rings. The molecule has 0 aliphatic carbocycles. The maximum Gasteiger partial charge on any atom is 0.251 e. The SMILES string of the molecule is CNS(=O)(=O)c1cccc(C(=O)NC(C)c2nc(C)cs2)c1. The van der Waals surface area contributed by atoms with Crippen LogP contribution in [0.25, 0.3) is 0 Å². The van der Waals surface area contributed by atoms with Crippen LogP contribution in [-0.2, 0) is 10.0 Å². The molecule has 0 saturated carbocycles. The smallest absolute Gasteiger partial charge is 0.251 e. The van der Waals surface area contributed by atoms with Crippen LogP contribution in [0, 0.1) is 6.92 Å². The van der Waals surface area contributed by atoms with Gasteiger partial charge in [-0.2, -0.15) is 0 Å². The number of hydrogen-bond acceptors (Lipinski definition) is 5. The first-order valence-corrected chi connectivity index (χ1v) is 8.96. The van der Waals surface area contributed by atoms with E-state index in [0.29, 0.717) is 0 Å². The molecule has 1 aromatic heterocycles. The number of thiazole rings is 1. The Bertz CT molecular complexity index is 784. The fourth-order valence-corrected chi connectivity index (χ4v) is 3.41. The number of hydrogen-bond donors (Lipinski definition) is 2. The van der Waals surface area contributed by atoms with E-state index in [0.717, 1.165) is 10.7 Å². The summed E-state index contributed by atoms with van der Waals surface area (Å²) in [5.41, 5.74) is 1.19. The van der Waals surface area contributed by atoms with Crippen LogP contribution in [0.5, 0.6) is 0 Å². The van der Waals surface area contributed by atoms with Crippen LogP contribution >= 0.6 is 11.3 Å². The lowest BCUT2D eigenvalue weighted by atomic mass is 10.2. The molecule has 1 atom stereocenters. The molecule has 2 aromatic rings. The van der Waals surface area contributed by atoms with E-state index in [9.17, 15) is 13.2 Å². The van der Waals surface area contributed by atoms with E-state index in [1.54, 1.807) is 6.07 Å². The third-order valence-electron chi connectivity index (χ3n) is 3.03. The Balaban J connectivity index is 2.18. The zero-order valence-corrected chi connectivity index (χ0v) is 14.1. The molecule has 22 heavy (non-hydrogen) atoms. The average Bonchev–Trinajstić information content (AvgIpc) is 2.94. The lowest BCUT2D eigenvalue weighted by molar-refractivity contribution is 0.0939. The number of sulfonamides is 1. The third-order valence-corrected chi connectivity index (χ3v) is 5.59. The Morgan fingerprint density at radius 1 is 1.36 bits per heavy atom. The largest absolute Gasteiger partial charge is 0.343 e. The maximum atomic E-state index is 12.3. The molecule has 1 amide bonds. The van der Waals surface area contributed by atoms with Crippen LogP contribution in [0.3, 0.4) is 0 Å². The second-order valence-electron chi connectivity index (χ2n) is 4.76. The Morgan fingerprint density at radius 2 is 2.09 bits per heavy atom. The van der Waals surface area contributed by atoms with Gasteiger partial charge in [0, 0.05) is 16.6 Å². The molecule has 0 saturated heterocycles. The van der Waals surface area contributed by atoms with Gasteiger partial charge in [0.15, 0.2) is 0 Å². The summed E-state index contributed by atoms with van der Waals surface area (Å²) >= 11 is 1.47. The van der Waals surface area contributed by atoms with Crippen molar-refractivity contribution in [1.29, 1.82) is 0 Å². The fourth-order valence-electron chi connectivity index (χ4n) is 1.84. The van der Waals surface area contributed by atoms with Crippen molar-refractivity contribution in [3.8, 4) is 0 Å². The van der Waals surface area contributed by atoms with Gasteiger partial charge in [0.25, 0.3) is 5.91 Å². The Hall–Kier alpha value is -1.77. The number of benzene rings is 1. The number of carbonyl (C=O) groups excluding carboxylic acids is 1. The molecule has 0 spiro atoms. The van der Waals surface area contributed by atoms with Crippen LogP contribution in [0.4, 0.5) is 0 Å². The number of aryl methyl sites for hydroxylation is 1. The summed E-state index contributed by atoms with van der Waals surface area (Å²) in [5, 5.41) is 5.54. The standard InChI is InChI=1S/C14H17N3O3S2/c1-9-8-21-14(16-9)10(2)17-13(18)11-5-4-6-12(7-11)22(19,20)15-3/h4-8,10,15H,1-3H3,(H,17,18). The monoisotopic (exact) mass is 339 g/mol. The Labute approximate surface area is 133 Å². The molecule has 1 aromatic carbocycles. The zero-order valence-electron chi connectivity index (χ0n) is 12.5. The van der Waals surface area contributed by atoms with E-state index in [1.807, 2.05) is 19.2 Å². The topological polar surface area (TPSA) is 88.2 Å². The summed E-state index contributed by atoms with van der Waals surface area (Å²) in [5.74, 6) is -0.339. The van der Waals surface area contributed by atoms with Gasteiger partial charge in [-0.3, -0.25) is 4.79 Å². The van der Waals surface area contributed by atoms with Gasteiger partial charge >= 0.3 is 0 Å². The summed E-state index contributed by atoms with van der Waals surface area (Å²) in [4.78, 5) is 16.6. The molecule has 2 N–H and O–H groups in total. The lowest BCUT2D eigenvalue weighted by Gasteiger charge is -2.12. The molecule has 118 valence electrons. The summed E-state index contributed by atoms with van der Waals surface area (Å²) in [6, 6.07) is 5.66. The quantitative estimate of drug-likeness (QED) is 0.870. The van der Waals surface area contributed by atoms with Gasteiger partial charge in [0.05, 0.1) is 10.9 Å². The second-order valence-corrected chi connectivity index (χ2v) is 7.53. The minimum absolute atomic E-state index is 0.0559. The van der Waals surface area contributed by atoms with Gasteiger partial charge in [-0.1, -0.05) is 6.07 Å². The van der Waals surface area contributed by atoms with Gasteiger partial charge < -0.3 is 5.32 Å². The van der Waals surface area contributed by atoms with E-state index in [2.05, 4.69) is 15.0 Å². The van der Waals surface area contributed by atoms with Crippen LogP contribution in [0.1, 0.15) is 34.0 Å².